The van der Waals surface area contributed by atoms with Crippen molar-refractivity contribution in [3.8, 4) is 5.88 Å². The molecule has 2 heterocycles. The Labute approximate surface area is 139 Å². The zero-order chi connectivity index (χ0) is 16.9. The molecular formula is C17H19N5O2. The summed E-state index contributed by atoms with van der Waals surface area (Å²) in [4.78, 5) is 13.0. The van der Waals surface area contributed by atoms with Gasteiger partial charge in [-0.2, -0.15) is 4.98 Å². The van der Waals surface area contributed by atoms with Gasteiger partial charge < -0.3 is 20.5 Å². The summed E-state index contributed by atoms with van der Waals surface area (Å²) in [6.07, 6.45) is 3.43. The number of aromatic nitrogens is 3. The number of aryl methyl sites for hydroxylation is 1. The molecule has 0 aliphatic carbocycles. The smallest absolute Gasteiger partial charge is 0.237 e. The molecule has 7 heteroatoms. The van der Waals surface area contributed by atoms with Crippen LogP contribution in [0.4, 0.5) is 17.3 Å². The number of rotatable bonds is 6. The first-order chi connectivity index (χ1) is 11.7. The van der Waals surface area contributed by atoms with Gasteiger partial charge >= 0.3 is 0 Å². The van der Waals surface area contributed by atoms with Crippen LogP contribution < -0.4 is 15.4 Å². The van der Waals surface area contributed by atoms with Gasteiger partial charge in [0.2, 0.25) is 5.88 Å². The summed E-state index contributed by atoms with van der Waals surface area (Å²) in [7, 11) is 1.57. The largest absolute Gasteiger partial charge is 0.480 e. The molecule has 0 aliphatic heterocycles. The maximum absolute atomic E-state index is 8.96. The van der Waals surface area contributed by atoms with Crippen molar-refractivity contribution in [1.29, 1.82) is 0 Å². The summed E-state index contributed by atoms with van der Waals surface area (Å²) in [5, 5.41) is 17.3. The Hall–Kier alpha value is -2.93. The van der Waals surface area contributed by atoms with Gasteiger partial charge in [0.05, 0.1) is 25.6 Å². The van der Waals surface area contributed by atoms with Crippen molar-refractivity contribution >= 4 is 28.1 Å². The molecule has 1 aromatic carbocycles. The van der Waals surface area contributed by atoms with Crippen molar-refractivity contribution in [1.82, 2.24) is 15.0 Å². The average Bonchev–Trinajstić information content (AvgIpc) is 2.61. The van der Waals surface area contributed by atoms with Gasteiger partial charge in [-0.25, -0.2) is 4.98 Å². The number of ether oxygens (including phenoxy) is 1. The Morgan fingerprint density at radius 2 is 2.04 bits per heavy atom. The highest BCUT2D eigenvalue weighted by Gasteiger charge is 2.06. The van der Waals surface area contributed by atoms with E-state index in [4.69, 9.17) is 9.84 Å². The Morgan fingerprint density at radius 3 is 2.83 bits per heavy atom. The van der Waals surface area contributed by atoms with Crippen LogP contribution in [0.2, 0.25) is 0 Å². The maximum atomic E-state index is 8.96. The fourth-order valence-corrected chi connectivity index (χ4v) is 2.40. The molecule has 0 fully saturated rings. The number of benzene rings is 1. The summed E-state index contributed by atoms with van der Waals surface area (Å²) in [6.45, 7) is 2.42. The number of methoxy groups -OCH3 is 1. The van der Waals surface area contributed by atoms with Gasteiger partial charge in [-0.05, 0) is 24.4 Å². The van der Waals surface area contributed by atoms with E-state index in [2.05, 4.69) is 25.6 Å². The lowest BCUT2D eigenvalue weighted by molar-refractivity contribution is 0.311. The number of aliphatic hydroxyl groups excluding tert-OH is 1. The van der Waals surface area contributed by atoms with Crippen LogP contribution in [-0.2, 0) is 0 Å². The van der Waals surface area contributed by atoms with Crippen molar-refractivity contribution in [3.05, 3.63) is 42.4 Å². The Morgan fingerprint density at radius 1 is 1.17 bits per heavy atom. The summed E-state index contributed by atoms with van der Waals surface area (Å²) < 4.78 is 5.18. The molecule has 0 radical (unpaired) electrons. The highest BCUT2D eigenvalue weighted by atomic mass is 16.5. The van der Waals surface area contributed by atoms with Crippen LogP contribution in [-0.4, -0.2) is 40.3 Å². The fraction of sp³-hybridized carbons (Fsp3) is 0.235. The van der Waals surface area contributed by atoms with E-state index in [-0.39, 0.29) is 6.61 Å². The molecule has 0 atom stereocenters. The molecular weight excluding hydrogens is 306 g/mol. The van der Waals surface area contributed by atoms with Crippen LogP contribution in [0.5, 0.6) is 5.88 Å². The molecule has 0 spiro atoms. The molecule has 0 unspecified atom stereocenters. The van der Waals surface area contributed by atoms with Crippen molar-refractivity contribution in [2.24, 2.45) is 0 Å². The van der Waals surface area contributed by atoms with Crippen LogP contribution in [0.15, 0.2) is 36.7 Å². The van der Waals surface area contributed by atoms with Crippen LogP contribution >= 0.6 is 0 Å². The molecule has 0 aliphatic rings. The lowest BCUT2D eigenvalue weighted by atomic mass is 10.1. The second-order valence-electron chi connectivity index (χ2n) is 5.22. The molecule has 0 bridgehead atoms. The van der Waals surface area contributed by atoms with Crippen LogP contribution in [0.1, 0.15) is 5.69 Å². The van der Waals surface area contributed by atoms with Crippen molar-refractivity contribution < 1.29 is 9.84 Å². The van der Waals surface area contributed by atoms with Crippen molar-refractivity contribution in [2.45, 2.75) is 6.92 Å². The number of aliphatic hydroxyl groups is 1. The zero-order valence-electron chi connectivity index (χ0n) is 13.6. The highest BCUT2D eigenvalue weighted by molar-refractivity contribution is 5.94. The number of anilines is 3. The molecule has 3 N–H and O–H groups in total. The second kappa shape index (κ2) is 7.10. The van der Waals surface area contributed by atoms with E-state index >= 15 is 0 Å². The number of hydrogen-bond acceptors (Lipinski definition) is 7. The third-order valence-corrected chi connectivity index (χ3v) is 3.55. The molecule has 124 valence electrons. The fourth-order valence-electron chi connectivity index (χ4n) is 2.40. The van der Waals surface area contributed by atoms with Gasteiger partial charge in [0.1, 0.15) is 5.82 Å². The first kappa shape index (κ1) is 15.9. The van der Waals surface area contributed by atoms with Crippen molar-refractivity contribution in [2.75, 3.05) is 30.9 Å². The topological polar surface area (TPSA) is 92.2 Å². The van der Waals surface area contributed by atoms with Gasteiger partial charge in [0.15, 0.2) is 5.82 Å². The van der Waals surface area contributed by atoms with E-state index in [1.807, 2.05) is 31.2 Å². The van der Waals surface area contributed by atoms with Crippen LogP contribution in [0.3, 0.4) is 0 Å². The average molecular weight is 325 g/mol. The third kappa shape index (κ3) is 3.36. The summed E-state index contributed by atoms with van der Waals surface area (Å²) in [5.74, 6) is 1.72. The third-order valence-electron chi connectivity index (χ3n) is 3.55. The van der Waals surface area contributed by atoms with E-state index in [0.717, 1.165) is 22.2 Å². The van der Waals surface area contributed by atoms with Gasteiger partial charge in [0.25, 0.3) is 0 Å². The standard InChI is InChI=1S/C17H19N5O2/c1-11-17(24-2)22-16(10-19-11)21-15-8-12-4-3-5-14(18-6-7-23)13(12)9-20-15/h3-5,8-10,18,23H,6-7H2,1-2H3,(H,20,21,22). The van der Waals surface area contributed by atoms with Gasteiger partial charge in [-0.1, -0.05) is 12.1 Å². The summed E-state index contributed by atoms with van der Waals surface area (Å²) in [6, 6.07) is 7.87. The Bertz CT molecular complexity index is 854. The van der Waals surface area contributed by atoms with Crippen molar-refractivity contribution in [3.63, 3.8) is 0 Å². The molecule has 0 saturated carbocycles. The molecule has 0 amide bonds. The first-order valence-corrected chi connectivity index (χ1v) is 7.59. The number of nitrogens with one attached hydrogen (secondary N) is 2. The second-order valence-corrected chi connectivity index (χ2v) is 5.22. The molecule has 3 rings (SSSR count). The van der Waals surface area contributed by atoms with Gasteiger partial charge in [-0.15, -0.1) is 0 Å². The van der Waals surface area contributed by atoms with E-state index in [1.54, 1.807) is 19.5 Å². The zero-order valence-corrected chi connectivity index (χ0v) is 13.6. The SMILES string of the molecule is COc1nc(Nc2cc3cccc(NCCO)c3cn2)cnc1C. The normalized spacial score (nSPS) is 10.6. The van der Waals surface area contributed by atoms with Crippen LogP contribution in [0.25, 0.3) is 10.8 Å². The minimum absolute atomic E-state index is 0.0807. The minimum Gasteiger partial charge on any atom is -0.480 e. The first-order valence-electron chi connectivity index (χ1n) is 7.59. The number of nitrogens with zero attached hydrogens (tertiary/aromatic N) is 3. The summed E-state index contributed by atoms with van der Waals surface area (Å²) in [5.41, 5.74) is 1.67. The molecule has 7 nitrogen and oxygen atoms in total. The predicted molar refractivity (Wildman–Crippen MR) is 93.9 cm³/mol. The van der Waals surface area contributed by atoms with Gasteiger partial charge in [-0.3, -0.25) is 4.98 Å². The highest BCUT2D eigenvalue weighted by Crippen LogP contribution is 2.25. The lowest BCUT2D eigenvalue weighted by Gasteiger charge is -2.11. The number of hydrogen-bond donors (Lipinski definition) is 3. The summed E-state index contributed by atoms with van der Waals surface area (Å²) >= 11 is 0. The molecule has 24 heavy (non-hydrogen) atoms. The van der Waals surface area contributed by atoms with E-state index in [9.17, 15) is 0 Å². The van der Waals surface area contributed by atoms with E-state index in [0.29, 0.717) is 24.1 Å². The lowest BCUT2D eigenvalue weighted by Crippen LogP contribution is -2.06. The molecule has 3 aromatic rings. The number of pyridine rings is 1. The molecule has 2 aromatic heterocycles. The van der Waals surface area contributed by atoms with E-state index in [1.165, 1.54) is 0 Å². The minimum atomic E-state index is 0.0807. The van der Waals surface area contributed by atoms with E-state index < -0.39 is 0 Å². The van der Waals surface area contributed by atoms with Crippen LogP contribution in [0, 0.1) is 6.92 Å². The quantitative estimate of drug-likeness (QED) is 0.641. The maximum Gasteiger partial charge on any atom is 0.237 e. The number of fused-ring (bicyclic) bond motifs is 1. The Kier molecular flexibility index (Phi) is 4.72. The monoisotopic (exact) mass is 325 g/mol. The predicted octanol–water partition coefficient (Wildman–Crippen LogP) is 2.49. The van der Waals surface area contributed by atoms with Gasteiger partial charge in [0, 0.05) is 23.8 Å². The molecule has 0 saturated heterocycles. The Balaban J connectivity index is 1.88.